The number of H-pyrrole nitrogens is 1. The normalized spacial score (nSPS) is 30.3. The molecule has 0 bridgehead atoms. The molecular weight excluding hydrogens is 346 g/mol. The molecule has 0 aliphatic carbocycles. The van der Waals surface area contributed by atoms with Crippen LogP contribution in [0.25, 0.3) is 11.2 Å². The Hall–Kier alpha value is -1.74. The first kappa shape index (κ1) is 16.1. The summed E-state index contributed by atoms with van der Waals surface area (Å²) >= 11 is 10.5. The van der Waals surface area contributed by atoms with E-state index in [9.17, 15) is 15.3 Å². The molecule has 3 heterocycles. The minimum atomic E-state index is -2.07. The monoisotopic (exact) mass is 357 g/mol. The van der Waals surface area contributed by atoms with E-state index in [1.165, 1.54) is 10.9 Å². The number of nitrogen functional groups attached to an aromatic ring is 1. The molecule has 1 unspecified atom stereocenters. The van der Waals surface area contributed by atoms with Crippen molar-refractivity contribution >= 4 is 40.9 Å². The summed E-state index contributed by atoms with van der Waals surface area (Å²) in [6.45, 7) is -0.522. The summed E-state index contributed by atoms with van der Waals surface area (Å²) in [6.07, 6.45) is -2.44. The van der Waals surface area contributed by atoms with Gasteiger partial charge in [-0.2, -0.15) is 4.98 Å². The molecule has 1 aliphatic heterocycles. The van der Waals surface area contributed by atoms with Crippen molar-refractivity contribution in [3.8, 4) is 11.3 Å². The highest BCUT2D eigenvalue weighted by Gasteiger charge is 2.56. The topological polar surface area (TPSA) is 142 Å². The molecule has 9 nitrogen and oxygen atoms in total. The van der Waals surface area contributed by atoms with Crippen molar-refractivity contribution < 1.29 is 20.1 Å². The molecule has 11 heteroatoms. The van der Waals surface area contributed by atoms with Gasteiger partial charge in [-0.25, -0.2) is 4.98 Å². The molecule has 3 rings (SSSR count). The van der Waals surface area contributed by atoms with Gasteiger partial charge in [-0.15, -0.1) is 0 Å². The van der Waals surface area contributed by atoms with Crippen molar-refractivity contribution in [1.82, 2.24) is 19.5 Å². The lowest BCUT2D eigenvalue weighted by molar-refractivity contribution is -0.0721. The van der Waals surface area contributed by atoms with E-state index < -0.39 is 30.6 Å². The van der Waals surface area contributed by atoms with Gasteiger partial charge in [-0.3, -0.25) is 4.57 Å². The van der Waals surface area contributed by atoms with E-state index in [-0.39, 0.29) is 16.2 Å². The molecule has 2 aromatic heterocycles. The minimum Gasteiger partial charge on any atom is -0.394 e. The molecular formula is C12H12ClN5O4S. The van der Waals surface area contributed by atoms with E-state index in [1.807, 2.05) is 5.38 Å². The summed E-state index contributed by atoms with van der Waals surface area (Å²) in [5, 5.41) is 32.2. The van der Waals surface area contributed by atoms with Gasteiger partial charge >= 0.3 is 0 Å². The Labute approximate surface area is 139 Å². The van der Waals surface area contributed by atoms with Crippen LogP contribution in [0.1, 0.15) is 6.23 Å². The molecule has 0 radical (unpaired) electrons. The number of aliphatic hydroxyl groups excluding tert-OH is 2. The summed E-state index contributed by atoms with van der Waals surface area (Å²) in [5.74, 6) is 2.36. The molecule has 1 aliphatic rings. The van der Waals surface area contributed by atoms with Crippen LogP contribution in [0.4, 0.5) is 5.95 Å². The standard InChI is InChI=1S/C12H12ClN5O4S/c13-2-1-12(21)7(20)5(3-19)22-10(12)18-4-15-6-8(18)16-11(14)17-9(6)23/h4-5,7,10,19-21H,3H2,(H3,14,16,17,23)/t5-,7?,10-,12-/m1/s1. The number of halogens is 1. The van der Waals surface area contributed by atoms with Crippen LogP contribution in [0.5, 0.6) is 0 Å². The molecule has 1 fully saturated rings. The quantitative estimate of drug-likeness (QED) is 0.349. The minimum absolute atomic E-state index is 0.0495. The van der Waals surface area contributed by atoms with Crippen LogP contribution in [-0.2, 0) is 4.74 Å². The third-order valence-corrected chi connectivity index (χ3v) is 4.00. The van der Waals surface area contributed by atoms with E-state index in [1.54, 1.807) is 0 Å². The van der Waals surface area contributed by atoms with Crippen molar-refractivity contribution in [1.29, 1.82) is 0 Å². The average Bonchev–Trinajstić information content (AvgIpc) is 3.01. The van der Waals surface area contributed by atoms with Crippen molar-refractivity contribution in [3.63, 3.8) is 0 Å². The average molecular weight is 358 g/mol. The third kappa shape index (κ3) is 2.38. The van der Waals surface area contributed by atoms with Crippen LogP contribution in [0.3, 0.4) is 0 Å². The number of nitrogens with zero attached hydrogens (tertiary/aromatic N) is 3. The van der Waals surface area contributed by atoms with Crippen LogP contribution in [0.2, 0.25) is 0 Å². The van der Waals surface area contributed by atoms with Crippen molar-refractivity contribution in [2.75, 3.05) is 12.3 Å². The first-order chi connectivity index (χ1) is 10.9. The number of nitrogens with two attached hydrogens (primary N) is 1. The maximum absolute atomic E-state index is 10.7. The van der Waals surface area contributed by atoms with Gasteiger partial charge in [0.1, 0.15) is 22.4 Å². The van der Waals surface area contributed by atoms with Crippen molar-refractivity contribution in [3.05, 3.63) is 11.0 Å². The van der Waals surface area contributed by atoms with E-state index in [0.29, 0.717) is 5.52 Å². The molecule has 6 N–H and O–H groups in total. The number of aromatic amines is 1. The second-order valence-corrected chi connectivity index (χ2v) is 5.57. The fourth-order valence-corrected chi connectivity index (χ4v) is 2.92. The maximum Gasteiger partial charge on any atom is 0.200 e. The van der Waals surface area contributed by atoms with Crippen LogP contribution in [0.15, 0.2) is 6.33 Å². The SMILES string of the molecule is Nc1nc2c(ncn2[C@@H]2O[C@H](CO)C(O)[C@]2(O)C#CCl)c(=S)[nH]1. The Morgan fingerprint density at radius 2 is 2.35 bits per heavy atom. The Kier molecular flexibility index (Phi) is 4.01. The fourth-order valence-electron chi connectivity index (χ4n) is 2.52. The van der Waals surface area contributed by atoms with Gasteiger partial charge in [0.05, 0.1) is 12.9 Å². The first-order valence-electron chi connectivity index (χ1n) is 6.44. The summed E-state index contributed by atoms with van der Waals surface area (Å²) in [5.41, 5.74) is 4.14. The Morgan fingerprint density at radius 1 is 1.61 bits per heavy atom. The predicted molar refractivity (Wildman–Crippen MR) is 82.7 cm³/mol. The second-order valence-electron chi connectivity index (χ2n) is 4.97. The zero-order chi connectivity index (χ0) is 16.8. The highest BCUT2D eigenvalue weighted by atomic mass is 35.5. The van der Waals surface area contributed by atoms with Crippen molar-refractivity contribution in [2.24, 2.45) is 0 Å². The lowest BCUT2D eigenvalue weighted by atomic mass is 9.95. The molecule has 2 aromatic rings. The molecule has 1 saturated heterocycles. The number of hydrogen-bond donors (Lipinski definition) is 5. The highest BCUT2D eigenvalue weighted by Crippen LogP contribution is 2.39. The molecule has 0 saturated carbocycles. The van der Waals surface area contributed by atoms with Crippen LogP contribution >= 0.6 is 23.8 Å². The number of anilines is 1. The summed E-state index contributed by atoms with van der Waals surface area (Å²) in [4.78, 5) is 10.8. The van der Waals surface area contributed by atoms with Crippen molar-refractivity contribution in [2.45, 2.75) is 24.0 Å². The van der Waals surface area contributed by atoms with E-state index in [0.717, 1.165) is 0 Å². The number of rotatable bonds is 2. The van der Waals surface area contributed by atoms with Gasteiger partial charge in [-0.05, 0) is 17.5 Å². The zero-order valence-electron chi connectivity index (χ0n) is 11.5. The lowest BCUT2D eigenvalue weighted by Gasteiger charge is -2.26. The molecule has 0 amide bonds. The van der Waals surface area contributed by atoms with Gasteiger partial charge in [0.2, 0.25) is 11.5 Å². The Balaban J connectivity index is 2.20. The number of ether oxygens (including phenoxy) is 1. The fraction of sp³-hybridized carbons (Fsp3) is 0.417. The van der Waals surface area contributed by atoms with E-state index in [4.69, 9.17) is 34.3 Å². The highest BCUT2D eigenvalue weighted by molar-refractivity contribution is 7.71. The van der Waals surface area contributed by atoms with Crippen LogP contribution in [0, 0.1) is 15.9 Å². The maximum atomic E-state index is 10.7. The van der Waals surface area contributed by atoms with E-state index >= 15 is 0 Å². The summed E-state index contributed by atoms with van der Waals surface area (Å²) in [7, 11) is 0. The molecule has 0 aromatic carbocycles. The van der Waals surface area contributed by atoms with Gasteiger partial charge in [0.25, 0.3) is 0 Å². The first-order valence-corrected chi connectivity index (χ1v) is 7.23. The molecule has 23 heavy (non-hydrogen) atoms. The number of fused-ring (bicyclic) bond motifs is 1. The number of aromatic nitrogens is 4. The number of imidazole rings is 1. The lowest BCUT2D eigenvalue weighted by Crippen LogP contribution is -2.45. The van der Waals surface area contributed by atoms with E-state index in [2.05, 4.69) is 20.9 Å². The second kappa shape index (κ2) is 5.72. The van der Waals surface area contributed by atoms with Gasteiger partial charge in [0.15, 0.2) is 11.9 Å². The number of nitrogens with one attached hydrogen (secondary N) is 1. The number of hydrogen-bond acceptors (Lipinski definition) is 8. The van der Waals surface area contributed by atoms with Crippen LogP contribution < -0.4 is 5.73 Å². The third-order valence-electron chi connectivity index (χ3n) is 3.61. The summed E-state index contributed by atoms with van der Waals surface area (Å²) < 4.78 is 7.10. The Morgan fingerprint density at radius 3 is 3.00 bits per heavy atom. The van der Waals surface area contributed by atoms with Gasteiger partial charge in [-0.1, -0.05) is 12.2 Å². The smallest absolute Gasteiger partial charge is 0.200 e. The largest absolute Gasteiger partial charge is 0.394 e. The molecule has 4 atom stereocenters. The Bertz CT molecular complexity index is 874. The number of aliphatic hydroxyl groups is 3. The summed E-state index contributed by atoms with van der Waals surface area (Å²) in [6, 6.07) is 0. The molecule has 122 valence electrons. The predicted octanol–water partition coefficient (Wildman–Crippen LogP) is -0.748. The van der Waals surface area contributed by atoms with Crippen LogP contribution in [-0.4, -0.2) is 59.3 Å². The van der Waals surface area contributed by atoms with Gasteiger partial charge < -0.3 is 30.8 Å². The zero-order valence-corrected chi connectivity index (χ0v) is 13.0. The van der Waals surface area contributed by atoms with Gasteiger partial charge in [0, 0.05) is 5.38 Å². The molecule has 0 spiro atoms.